The molecule has 1 saturated heterocycles. The summed E-state index contributed by atoms with van der Waals surface area (Å²) < 4.78 is 49.7. The topological polar surface area (TPSA) is 253 Å². The van der Waals surface area contributed by atoms with E-state index in [4.69, 9.17) is 9.63 Å². The Kier molecular flexibility index (Phi) is 15.8. The van der Waals surface area contributed by atoms with Gasteiger partial charge in [0.1, 0.15) is 6.10 Å². The van der Waals surface area contributed by atoms with Crippen molar-refractivity contribution in [3.63, 3.8) is 0 Å². The number of phosphoric ester groups is 1. The summed E-state index contributed by atoms with van der Waals surface area (Å²) in [6, 6.07) is 0.975. The first-order valence-corrected chi connectivity index (χ1v) is 11.5. The second-order valence-electron chi connectivity index (χ2n) is 5.29. The van der Waals surface area contributed by atoms with Crippen molar-refractivity contribution < 1.29 is 145 Å². The van der Waals surface area contributed by atoms with Gasteiger partial charge in [-0.2, -0.15) is 0 Å². The van der Waals surface area contributed by atoms with Crippen molar-refractivity contribution in [2.75, 3.05) is 6.61 Å². The van der Waals surface area contributed by atoms with Gasteiger partial charge in [-0.3, -0.25) is 28.0 Å². The molecule has 0 spiro atoms. The molecule has 2 heterocycles. The third-order valence-electron chi connectivity index (χ3n) is 3.11. The number of aromatic amines is 1. The maximum absolute atomic E-state index is 11.7. The molecule has 0 aromatic carbocycles. The van der Waals surface area contributed by atoms with E-state index in [-0.39, 0.29) is 95.1 Å². The Morgan fingerprint density at radius 1 is 1.13 bits per heavy atom. The number of nitrogens with zero attached hydrogens (tertiary/aromatic N) is 1. The number of phosphoric acid groups is 3. The molecular weight excluding hydrogens is 522 g/mol. The van der Waals surface area contributed by atoms with Gasteiger partial charge in [-0.1, -0.05) is 0 Å². The molecular formula is C9H12N2Na3O14P3. The number of H-pyrrole nitrogens is 1. The quantitative estimate of drug-likeness (QED) is 0.207. The van der Waals surface area contributed by atoms with Gasteiger partial charge < -0.3 is 33.9 Å². The number of hydrogen-bond donors (Lipinski definition) is 3. The third-order valence-corrected chi connectivity index (χ3v) is 6.80. The van der Waals surface area contributed by atoms with Gasteiger partial charge in [0.2, 0.25) is 0 Å². The molecule has 0 radical (unpaired) electrons. The number of rotatable bonds is 8. The van der Waals surface area contributed by atoms with Gasteiger partial charge in [-0.15, -0.1) is 0 Å². The van der Waals surface area contributed by atoms with Crippen molar-refractivity contribution in [2.24, 2.45) is 0 Å². The molecule has 6 atom stereocenters. The maximum atomic E-state index is 11.7. The first-order valence-electron chi connectivity index (χ1n) is 7.05. The number of nitrogens with one attached hydrogen (secondary N) is 1. The monoisotopic (exact) mass is 534 g/mol. The number of hydrogen-bond acceptors (Lipinski definition) is 13. The summed E-state index contributed by atoms with van der Waals surface area (Å²) in [6.45, 7) is -0.888. The molecule has 22 heteroatoms. The third kappa shape index (κ3) is 12.0. The van der Waals surface area contributed by atoms with Gasteiger partial charge in [-0.25, -0.2) is 13.4 Å². The summed E-state index contributed by atoms with van der Waals surface area (Å²) in [5.74, 6) is 0. The average molecular weight is 534 g/mol. The van der Waals surface area contributed by atoms with E-state index in [1.54, 1.807) is 0 Å². The van der Waals surface area contributed by atoms with E-state index in [0.29, 0.717) is 0 Å². The summed E-state index contributed by atoms with van der Waals surface area (Å²) in [5.41, 5.74) is -1.61. The molecule has 31 heavy (non-hydrogen) atoms. The van der Waals surface area contributed by atoms with E-state index in [2.05, 4.69) is 13.1 Å². The molecule has 1 aliphatic heterocycles. The molecule has 1 aromatic rings. The van der Waals surface area contributed by atoms with Gasteiger partial charge in [0.15, 0.2) is 6.23 Å². The van der Waals surface area contributed by atoms with Crippen LogP contribution in [0.5, 0.6) is 0 Å². The molecule has 0 aliphatic carbocycles. The van der Waals surface area contributed by atoms with Gasteiger partial charge in [0.05, 0.1) is 12.7 Å². The average Bonchev–Trinajstić information content (AvgIpc) is 2.82. The summed E-state index contributed by atoms with van der Waals surface area (Å²) in [7, 11) is -17.6. The molecule has 160 valence electrons. The van der Waals surface area contributed by atoms with Crippen molar-refractivity contribution in [1.82, 2.24) is 9.55 Å². The molecule has 0 bridgehead atoms. The van der Waals surface area contributed by atoms with Gasteiger partial charge in [0, 0.05) is 18.7 Å². The second-order valence-corrected chi connectivity index (χ2v) is 9.58. The molecule has 1 fully saturated rings. The van der Waals surface area contributed by atoms with Crippen LogP contribution in [0, 0.1) is 0 Å². The minimum absolute atomic E-state index is 0. The van der Waals surface area contributed by atoms with Crippen LogP contribution in [0.3, 0.4) is 0 Å². The Balaban J connectivity index is 0. The zero-order valence-electron chi connectivity index (χ0n) is 16.4. The number of aliphatic hydroxyl groups excluding tert-OH is 1. The summed E-state index contributed by atoms with van der Waals surface area (Å²) in [5, 5.41) is 9.93. The fourth-order valence-electron chi connectivity index (χ4n) is 2.18. The van der Waals surface area contributed by atoms with Crippen LogP contribution in [0.15, 0.2) is 21.9 Å². The number of ether oxygens (including phenoxy) is 1. The normalized spacial score (nSPS) is 26.2. The molecule has 1 aromatic heterocycles. The standard InChI is InChI=1S/C9H15N2O14P3.3Na/c12-6-3-5(23-8(6)11-2-1-7(13)10-9(11)14)4-22-27(18,19)25-28(20,21)24-26(15,16)17;;;/h1-2,5-6,8,12H,3-4H2,(H,18,19)(H,20,21)(H,10,13,14)(H2,15,16,17);;;/q;3*+1/p-3/t5-,6+,8+;;;/m0.../s1. The van der Waals surface area contributed by atoms with Crippen LogP contribution < -0.4 is 115 Å². The predicted octanol–water partition coefficient (Wildman–Crippen LogP) is -12.4. The van der Waals surface area contributed by atoms with Crippen molar-refractivity contribution in [3.05, 3.63) is 33.1 Å². The van der Waals surface area contributed by atoms with Crippen LogP contribution in [0.4, 0.5) is 0 Å². The minimum atomic E-state index is -6.03. The summed E-state index contributed by atoms with van der Waals surface area (Å²) in [6.07, 6.45) is -3.02. The van der Waals surface area contributed by atoms with Crippen molar-refractivity contribution in [3.8, 4) is 0 Å². The van der Waals surface area contributed by atoms with E-state index < -0.39 is 59.8 Å². The van der Waals surface area contributed by atoms with Crippen molar-refractivity contribution in [2.45, 2.75) is 24.9 Å². The van der Waals surface area contributed by atoms with Crippen molar-refractivity contribution >= 4 is 23.5 Å². The molecule has 1 aliphatic rings. The Morgan fingerprint density at radius 3 is 2.23 bits per heavy atom. The van der Waals surface area contributed by atoms with Gasteiger partial charge in [0.25, 0.3) is 29.0 Å². The largest absolute Gasteiger partial charge is 1.00 e. The fourth-order valence-corrected chi connectivity index (χ4v) is 5.09. The molecule has 2 rings (SSSR count). The first-order chi connectivity index (χ1) is 12.7. The Bertz CT molecular complexity index is 980. The zero-order valence-corrected chi connectivity index (χ0v) is 25.1. The van der Waals surface area contributed by atoms with Crippen LogP contribution >= 0.6 is 23.5 Å². The Hall–Kier alpha value is 2.01. The molecule has 3 N–H and O–H groups in total. The van der Waals surface area contributed by atoms with E-state index in [9.17, 15) is 43.1 Å². The van der Waals surface area contributed by atoms with E-state index in [1.165, 1.54) is 0 Å². The summed E-state index contributed by atoms with van der Waals surface area (Å²) in [4.78, 5) is 65.8. The van der Waals surface area contributed by atoms with Crippen LogP contribution in [0.25, 0.3) is 0 Å². The van der Waals surface area contributed by atoms with Crippen LogP contribution in [0.1, 0.15) is 12.6 Å². The Morgan fingerprint density at radius 2 is 1.71 bits per heavy atom. The minimum Gasteiger partial charge on any atom is -0.756 e. The van der Waals surface area contributed by atoms with Crippen LogP contribution in [-0.2, 0) is 31.6 Å². The summed E-state index contributed by atoms with van der Waals surface area (Å²) >= 11 is 0. The molecule has 0 amide bonds. The Labute approximate surface area is 240 Å². The zero-order chi connectivity index (χ0) is 21.3. The smallest absolute Gasteiger partial charge is 0.756 e. The number of aromatic nitrogens is 2. The number of aliphatic hydroxyl groups is 1. The van der Waals surface area contributed by atoms with Crippen molar-refractivity contribution in [1.29, 1.82) is 0 Å². The second kappa shape index (κ2) is 13.9. The van der Waals surface area contributed by atoms with E-state index in [1.807, 2.05) is 4.98 Å². The van der Waals surface area contributed by atoms with E-state index in [0.717, 1.165) is 16.8 Å². The predicted molar refractivity (Wildman–Crippen MR) is 79.0 cm³/mol. The maximum Gasteiger partial charge on any atom is 1.00 e. The molecule has 16 nitrogen and oxygen atoms in total. The van der Waals surface area contributed by atoms with Gasteiger partial charge >= 0.3 is 94.4 Å². The SMILES string of the molecule is O=c1ccn([C@@H]2O[C@H](COP(=O)([O-])OP(=O)([O-])OP(=O)([O-])O)C[C@H]2O)c(=O)[nH]1.[Na+].[Na+].[Na+]. The molecule has 3 unspecified atom stereocenters. The first kappa shape index (κ1) is 35.2. The van der Waals surface area contributed by atoms with Gasteiger partial charge in [-0.05, 0) is 0 Å². The van der Waals surface area contributed by atoms with Crippen LogP contribution in [-0.4, -0.2) is 38.4 Å². The van der Waals surface area contributed by atoms with Crippen LogP contribution in [0.2, 0.25) is 0 Å². The molecule has 0 saturated carbocycles. The fraction of sp³-hybridized carbons (Fsp3) is 0.556. The van der Waals surface area contributed by atoms with E-state index >= 15 is 0 Å².